The van der Waals surface area contributed by atoms with Crippen molar-refractivity contribution in [3.8, 4) is 0 Å². The van der Waals surface area contributed by atoms with E-state index in [-0.39, 0.29) is 0 Å². The van der Waals surface area contributed by atoms with Crippen molar-refractivity contribution in [1.82, 2.24) is 0 Å². The molecule has 0 spiro atoms. The number of anilines is 4. The molecule has 26 heavy (non-hydrogen) atoms. The zero-order chi connectivity index (χ0) is 17.9. The molecule has 2 N–H and O–H groups in total. The van der Waals surface area contributed by atoms with Crippen molar-refractivity contribution in [1.29, 1.82) is 0 Å². The number of hydrogen-bond acceptors (Lipinski definition) is 2. The fourth-order valence-corrected chi connectivity index (χ4v) is 3.27. The normalized spacial score (nSPS) is 10.7. The Hall–Kier alpha value is -3.26. The number of nitrogens with one attached hydrogen (secondary N) is 2. The maximum Gasteiger partial charge on any atom is 0.0485 e. The van der Waals surface area contributed by atoms with Gasteiger partial charge in [0.15, 0.2) is 0 Å². The molecule has 0 bridgehead atoms. The average Bonchev–Trinajstić information content (AvgIpc) is 2.66. The van der Waals surface area contributed by atoms with Crippen LogP contribution in [0.1, 0.15) is 11.1 Å². The van der Waals surface area contributed by atoms with Crippen LogP contribution in [0.2, 0.25) is 0 Å². The van der Waals surface area contributed by atoms with E-state index in [1.807, 2.05) is 0 Å². The summed E-state index contributed by atoms with van der Waals surface area (Å²) in [5.41, 5.74) is 6.93. The van der Waals surface area contributed by atoms with Gasteiger partial charge in [-0.05, 0) is 54.6 Å². The highest BCUT2D eigenvalue weighted by atomic mass is 14.9. The summed E-state index contributed by atoms with van der Waals surface area (Å²) in [5, 5.41) is 9.64. The van der Waals surface area contributed by atoms with Crippen molar-refractivity contribution in [2.24, 2.45) is 0 Å². The molecule has 0 aliphatic rings. The first-order chi connectivity index (χ1) is 12.7. The van der Waals surface area contributed by atoms with Gasteiger partial charge >= 0.3 is 0 Å². The van der Waals surface area contributed by atoms with Crippen LogP contribution in [0.5, 0.6) is 0 Å². The molecule has 0 unspecified atom stereocenters. The summed E-state index contributed by atoms with van der Waals surface area (Å²) in [6.45, 7) is 4.25. The molecule has 0 aliphatic carbocycles. The van der Waals surface area contributed by atoms with E-state index in [2.05, 4.69) is 109 Å². The van der Waals surface area contributed by atoms with Crippen LogP contribution in [0, 0.1) is 13.8 Å². The summed E-state index contributed by atoms with van der Waals surface area (Å²) in [6, 6.07) is 29.5. The van der Waals surface area contributed by atoms with Crippen LogP contribution in [-0.2, 0) is 0 Å². The second kappa shape index (κ2) is 6.93. The number of rotatable bonds is 4. The molecule has 0 saturated heterocycles. The minimum absolute atomic E-state index is 1.11. The number of hydrogen-bond donors (Lipinski definition) is 2. The van der Waals surface area contributed by atoms with Gasteiger partial charge in [-0.1, -0.05) is 60.7 Å². The molecule has 4 aromatic carbocycles. The number of fused-ring (bicyclic) bond motifs is 1. The molecule has 128 valence electrons. The van der Waals surface area contributed by atoms with Crippen molar-refractivity contribution in [2.75, 3.05) is 10.6 Å². The number of benzene rings is 4. The Balaban J connectivity index is 1.82. The predicted octanol–water partition coefficient (Wildman–Crippen LogP) is 6.94. The van der Waals surface area contributed by atoms with E-state index in [0.29, 0.717) is 0 Å². The molecule has 0 saturated carbocycles. The van der Waals surface area contributed by atoms with Crippen LogP contribution >= 0.6 is 0 Å². The lowest BCUT2D eigenvalue weighted by Gasteiger charge is -2.17. The van der Waals surface area contributed by atoms with Gasteiger partial charge in [0, 0.05) is 28.1 Å². The van der Waals surface area contributed by atoms with E-state index in [0.717, 1.165) is 22.7 Å². The third-order valence-corrected chi connectivity index (χ3v) is 4.73. The quantitative estimate of drug-likeness (QED) is 0.421. The van der Waals surface area contributed by atoms with E-state index in [9.17, 15) is 0 Å². The molecule has 0 amide bonds. The summed E-state index contributed by atoms with van der Waals surface area (Å²) in [7, 11) is 0. The summed E-state index contributed by atoms with van der Waals surface area (Å²) in [5.74, 6) is 0. The van der Waals surface area contributed by atoms with E-state index in [4.69, 9.17) is 0 Å². The van der Waals surface area contributed by atoms with Crippen LogP contribution in [0.4, 0.5) is 22.7 Å². The molecule has 4 aromatic rings. The first kappa shape index (κ1) is 16.2. The number of para-hydroxylation sites is 2. The summed E-state index contributed by atoms with van der Waals surface area (Å²) in [6.07, 6.45) is 0. The molecular formula is C24H22N2. The molecule has 0 heterocycles. The zero-order valence-electron chi connectivity index (χ0n) is 15.1. The summed E-state index contributed by atoms with van der Waals surface area (Å²) < 4.78 is 0. The van der Waals surface area contributed by atoms with Crippen LogP contribution in [0.15, 0.2) is 84.9 Å². The Kier molecular flexibility index (Phi) is 4.32. The minimum Gasteiger partial charge on any atom is -0.355 e. The average molecular weight is 338 g/mol. The molecule has 4 rings (SSSR count). The van der Waals surface area contributed by atoms with Gasteiger partial charge < -0.3 is 10.6 Å². The van der Waals surface area contributed by atoms with Crippen molar-refractivity contribution >= 4 is 33.5 Å². The van der Waals surface area contributed by atoms with Gasteiger partial charge in [-0.3, -0.25) is 0 Å². The highest BCUT2D eigenvalue weighted by Gasteiger charge is 2.09. The fraction of sp³-hybridized carbons (Fsp3) is 0.0833. The Morgan fingerprint density at radius 2 is 0.885 bits per heavy atom. The van der Waals surface area contributed by atoms with Gasteiger partial charge in [-0.15, -0.1) is 0 Å². The van der Waals surface area contributed by atoms with Crippen molar-refractivity contribution in [3.05, 3.63) is 96.1 Å². The minimum atomic E-state index is 1.11. The lowest BCUT2D eigenvalue weighted by Crippen LogP contribution is -1.98. The highest BCUT2D eigenvalue weighted by molar-refractivity contribution is 6.05. The second-order valence-electron chi connectivity index (χ2n) is 6.59. The first-order valence-electron chi connectivity index (χ1n) is 8.89. The van der Waals surface area contributed by atoms with Gasteiger partial charge in [-0.25, -0.2) is 0 Å². The standard InChI is InChI=1S/C24H22N2/c1-17-9-3-5-13-20(17)25-22-15-7-11-19-12-8-16-23(24(19)22)26-21-14-6-4-10-18(21)2/h3-16,25-26H,1-2H3. The van der Waals surface area contributed by atoms with Crippen LogP contribution in [-0.4, -0.2) is 0 Å². The molecule has 2 heteroatoms. The monoisotopic (exact) mass is 338 g/mol. The Bertz CT molecular complexity index is 984. The molecule has 0 fully saturated rings. The SMILES string of the molecule is Cc1ccccc1Nc1cccc2cccc(Nc3ccccc3C)c12. The van der Waals surface area contributed by atoms with Gasteiger partial charge in [0.05, 0.1) is 0 Å². The molecule has 2 nitrogen and oxygen atoms in total. The van der Waals surface area contributed by atoms with Crippen LogP contribution < -0.4 is 10.6 Å². The fourth-order valence-electron chi connectivity index (χ4n) is 3.27. The number of aryl methyl sites for hydroxylation is 2. The molecule has 0 aromatic heterocycles. The van der Waals surface area contributed by atoms with E-state index in [1.165, 1.54) is 21.9 Å². The van der Waals surface area contributed by atoms with Crippen LogP contribution in [0.25, 0.3) is 10.8 Å². The summed E-state index contributed by atoms with van der Waals surface area (Å²) >= 11 is 0. The smallest absolute Gasteiger partial charge is 0.0485 e. The molecular weight excluding hydrogens is 316 g/mol. The van der Waals surface area contributed by atoms with E-state index in [1.54, 1.807) is 0 Å². The zero-order valence-corrected chi connectivity index (χ0v) is 15.1. The Labute approximate surface area is 154 Å². The largest absolute Gasteiger partial charge is 0.355 e. The van der Waals surface area contributed by atoms with E-state index < -0.39 is 0 Å². The molecule has 0 atom stereocenters. The van der Waals surface area contributed by atoms with Gasteiger partial charge in [-0.2, -0.15) is 0 Å². The van der Waals surface area contributed by atoms with E-state index >= 15 is 0 Å². The molecule has 0 radical (unpaired) electrons. The van der Waals surface area contributed by atoms with Gasteiger partial charge in [0.25, 0.3) is 0 Å². The van der Waals surface area contributed by atoms with Crippen molar-refractivity contribution in [2.45, 2.75) is 13.8 Å². The third kappa shape index (κ3) is 3.14. The Morgan fingerprint density at radius 1 is 0.462 bits per heavy atom. The maximum atomic E-state index is 3.62. The highest BCUT2D eigenvalue weighted by Crippen LogP contribution is 2.35. The second-order valence-corrected chi connectivity index (χ2v) is 6.59. The summed E-state index contributed by atoms with van der Waals surface area (Å²) in [4.78, 5) is 0. The van der Waals surface area contributed by atoms with Gasteiger partial charge in [0.2, 0.25) is 0 Å². The maximum absolute atomic E-state index is 3.62. The molecule has 0 aliphatic heterocycles. The topological polar surface area (TPSA) is 24.1 Å². The lowest BCUT2D eigenvalue weighted by molar-refractivity contribution is 1.43. The third-order valence-electron chi connectivity index (χ3n) is 4.73. The van der Waals surface area contributed by atoms with Crippen molar-refractivity contribution < 1.29 is 0 Å². The van der Waals surface area contributed by atoms with Crippen molar-refractivity contribution in [3.63, 3.8) is 0 Å². The van der Waals surface area contributed by atoms with Gasteiger partial charge in [0.1, 0.15) is 0 Å². The lowest BCUT2D eigenvalue weighted by atomic mass is 10.0. The first-order valence-corrected chi connectivity index (χ1v) is 8.89. The van der Waals surface area contributed by atoms with Crippen LogP contribution in [0.3, 0.4) is 0 Å². The Morgan fingerprint density at radius 3 is 1.35 bits per heavy atom. The predicted molar refractivity (Wildman–Crippen MR) is 113 cm³/mol.